The number of esters is 1. The average molecular weight is 597 g/mol. The molecule has 0 amide bonds. The monoisotopic (exact) mass is 596 g/mol. The van der Waals surface area contributed by atoms with Crippen molar-refractivity contribution in [3.05, 3.63) is 11.6 Å². The van der Waals surface area contributed by atoms with Gasteiger partial charge in [-0.3, -0.25) is 0 Å². The second kappa shape index (κ2) is 22.5. The van der Waals surface area contributed by atoms with Gasteiger partial charge in [0.25, 0.3) is 0 Å². The minimum absolute atomic E-state index is 0.147. The van der Waals surface area contributed by atoms with Gasteiger partial charge in [-0.05, 0) is 57.9 Å². The Balaban J connectivity index is 1.41. The molecule has 0 aromatic rings. The van der Waals surface area contributed by atoms with Gasteiger partial charge in [-0.25, -0.2) is 4.79 Å². The molecule has 1 saturated heterocycles. The summed E-state index contributed by atoms with van der Waals surface area (Å²) in [6.45, 7) is 4.07. The fourth-order valence-corrected chi connectivity index (χ4v) is 6.42. The second-order valence-electron chi connectivity index (χ2n) is 13.1. The zero-order chi connectivity index (χ0) is 30.6. The zero-order valence-electron chi connectivity index (χ0n) is 26.9. The highest BCUT2D eigenvalue weighted by Gasteiger charge is 2.34. The van der Waals surface area contributed by atoms with Gasteiger partial charge in [0.2, 0.25) is 0 Å². The molecule has 7 heteroatoms. The number of carbonyl (C=O) groups is 1. The number of hydrogen-bond acceptors (Lipinski definition) is 7. The Bertz CT molecular complexity index is 726. The molecule has 0 aliphatic carbocycles. The average Bonchev–Trinajstić information content (AvgIpc) is 3.58. The summed E-state index contributed by atoms with van der Waals surface area (Å²) in [6, 6.07) is 0. The highest BCUT2D eigenvalue weighted by Crippen LogP contribution is 2.28. The summed E-state index contributed by atoms with van der Waals surface area (Å²) in [5.41, 5.74) is 0.576. The fraction of sp³-hybridized carbons (Fsp3) is 0.914. The van der Waals surface area contributed by atoms with Crippen LogP contribution in [0.15, 0.2) is 11.6 Å². The highest BCUT2D eigenvalue weighted by atomic mass is 16.5. The van der Waals surface area contributed by atoms with E-state index in [2.05, 4.69) is 6.92 Å². The molecule has 0 spiro atoms. The van der Waals surface area contributed by atoms with E-state index in [0.29, 0.717) is 24.8 Å². The van der Waals surface area contributed by atoms with Crippen LogP contribution in [0.2, 0.25) is 0 Å². The third-order valence-corrected chi connectivity index (χ3v) is 9.11. The fourth-order valence-electron chi connectivity index (χ4n) is 6.42. The summed E-state index contributed by atoms with van der Waals surface area (Å²) in [5.74, 6) is -0.314. The molecular weight excluding hydrogens is 532 g/mol. The molecule has 2 aliphatic heterocycles. The van der Waals surface area contributed by atoms with Gasteiger partial charge in [0, 0.05) is 12.0 Å². The molecule has 1 fully saturated rings. The zero-order valence-corrected chi connectivity index (χ0v) is 26.9. The summed E-state index contributed by atoms with van der Waals surface area (Å²) >= 11 is 0. The van der Waals surface area contributed by atoms with Gasteiger partial charge in [-0.15, -0.1) is 0 Å². The van der Waals surface area contributed by atoms with Crippen LogP contribution in [0.5, 0.6) is 0 Å². The molecule has 7 atom stereocenters. The van der Waals surface area contributed by atoms with Gasteiger partial charge in [0.15, 0.2) is 0 Å². The smallest absolute Gasteiger partial charge is 0.334 e. The van der Waals surface area contributed by atoms with Gasteiger partial charge in [-0.2, -0.15) is 0 Å². The van der Waals surface area contributed by atoms with E-state index in [-0.39, 0.29) is 30.4 Å². The topological polar surface area (TPSA) is 116 Å². The van der Waals surface area contributed by atoms with Crippen LogP contribution in [-0.2, 0) is 14.3 Å². The van der Waals surface area contributed by atoms with Crippen LogP contribution < -0.4 is 0 Å². The van der Waals surface area contributed by atoms with Crippen LogP contribution in [0, 0.1) is 0 Å². The molecule has 1 unspecified atom stereocenters. The minimum atomic E-state index is -0.530. The molecule has 42 heavy (non-hydrogen) atoms. The molecule has 246 valence electrons. The molecule has 0 aromatic carbocycles. The van der Waals surface area contributed by atoms with E-state index < -0.39 is 18.3 Å². The lowest BCUT2D eigenvalue weighted by Crippen LogP contribution is -2.31. The van der Waals surface area contributed by atoms with Crippen LogP contribution in [-0.4, -0.2) is 69.1 Å². The van der Waals surface area contributed by atoms with Crippen LogP contribution in [0.1, 0.15) is 162 Å². The van der Waals surface area contributed by atoms with Crippen molar-refractivity contribution in [1.29, 1.82) is 0 Å². The first kappa shape index (κ1) is 37.2. The lowest BCUT2D eigenvalue weighted by molar-refractivity contribution is -0.139. The van der Waals surface area contributed by atoms with E-state index in [9.17, 15) is 25.2 Å². The van der Waals surface area contributed by atoms with Crippen molar-refractivity contribution in [2.45, 2.75) is 204 Å². The van der Waals surface area contributed by atoms with Crippen LogP contribution in [0.4, 0.5) is 0 Å². The third-order valence-electron chi connectivity index (χ3n) is 9.11. The number of hydrogen-bond donors (Lipinski definition) is 4. The second-order valence-corrected chi connectivity index (χ2v) is 13.1. The first-order chi connectivity index (χ1) is 20.3. The van der Waals surface area contributed by atoms with E-state index in [1.165, 1.54) is 57.8 Å². The Hall–Kier alpha value is -0.990. The van der Waals surface area contributed by atoms with Crippen molar-refractivity contribution in [2.75, 3.05) is 0 Å². The van der Waals surface area contributed by atoms with Gasteiger partial charge in [0.1, 0.15) is 6.10 Å². The van der Waals surface area contributed by atoms with Crippen molar-refractivity contribution in [2.24, 2.45) is 0 Å². The van der Waals surface area contributed by atoms with E-state index >= 15 is 0 Å². The van der Waals surface area contributed by atoms with Crippen molar-refractivity contribution < 1.29 is 34.7 Å². The lowest BCUT2D eigenvalue weighted by atomic mass is 9.99. The van der Waals surface area contributed by atoms with Crippen LogP contribution in [0.25, 0.3) is 0 Å². The maximum Gasteiger partial charge on any atom is 0.334 e. The van der Waals surface area contributed by atoms with Crippen molar-refractivity contribution in [3.8, 4) is 0 Å². The maximum atomic E-state index is 11.6. The number of rotatable bonds is 26. The predicted molar refractivity (Wildman–Crippen MR) is 168 cm³/mol. The number of aliphatic hydroxyl groups is 4. The quantitative estimate of drug-likeness (QED) is 0.0624. The van der Waals surface area contributed by atoms with Gasteiger partial charge >= 0.3 is 5.97 Å². The van der Waals surface area contributed by atoms with Gasteiger partial charge < -0.3 is 29.9 Å². The normalized spacial score (nSPS) is 23.5. The minimum Gasteiger partial charge on any atom is -0.455 e. The van der Waals surface area contributed by atoms with E-state index in [4.69, 9.17) is 9.47 Å². The van der Waals surface area contributed by atoms with Gasteiger partial charge in [0.05, 0.1) is 36.6 Å². The van der Waals surface area contributed by atoms with E-state index in [0.717, 1.165) is 70.6 Å². The molecule has 0 aromatic heterocycles. The van der Waals surface area contributed by atoms with Crippen molar-refractivity contribution in [3.63, 3.8) is 0 Å². The summed E-state index contributed by atoms with van der Waals surface area (Å²) in [7, 11) is 0. The molecule has 2 heterocycles. The molecule has 0 bridgehead atoms. The summed E-state index contributed by atoms with van der Waals surface area (Å²) in [4.78, 5) is 11.6. The molecular formula is C35H64O7. The molecule has 7 nitrogen and oxygen atoms in total. The highest BCUT2D eigenvalue weighted by molar-refractivity contribution is 5.90. The van der Waals surface area contributed by atoms with Gasteiger partial charge in [-0.1, -0.05) is 103 Å². The van der Waals surface area contributed by atoms with E-state index in [1.807, 2.05) is 6.92 Å². The molecule has 0 radical (unpaired) electrons. The Morgan fingerprint density at radius 3 is 1.62 bits per heavy atom. The Morgan fingerprint density at radius 1 is 0.667 bits per heavy atom. The predicted octanol–water partition coefficient (Wildman–Crippen LogP) is 7.06. The summed E-state index contributed by atoms with van der Waals surface area (Å²) in [5, 5.41) is 41.7. The summed E-state index contributed by atoms with van der Waals surface area (Å²) < 4.78 is 11.1. The van der Waals surface area contributed by atoms with E-state index in [1.54, 1.807) is 6.08 Å². The Morgan fingerprint density at radius 2 is 1.10 bits per heavy atom. The Kier molecular flexibility index (Phi) is 19.9. The molecule has 2 rings (SSSR count). The first-order valence-electron chi connectivity index (χ1n) is 17.6. The SMILES string of the molecule is CCCCCCCCCCCC[C@H](O)[C@@H]1CC[C@H]([C@H](O)CCCCC(O)CCCCC[C@@H](O)CC2=C[C@H](C)OC2=O)O1. The number of aliphatic hydroxyl groups excluding tert-OH is 4. The molecule has 4 N–H and O–H groups in total. The van der Waals surface area contributed by atoms with Crippen LogP contribution in [0.3, 0.4) is 0 Å². The maximum absolute atomic E-state index is 11.6. The summed E-state index contributed by atoms with van der Waals surface area (Å²) in [6.07, 6.45) is 22.4. The number of cyclic esters (lactones) is 1. The lowest BCUT2D eigenvalue weighted by Gasteiger charge is -2.22. The molecule has 0 saturated carbocycles. The standard InChI is InChI=1S/C35H64O7/c1-3-4-5-6-7-8-9-10-11-15-21-31(38)33-23-24-34(42-33)32(39)22-17-16-19-29(36)18-13-12-14-20-30(37)26-28-25-27(2)41-35(28)40/h25,27,29-34,36-39H,3-24,26H2,1-2H3/t27-,29?,30+,31-,32+,33-,34+/m0/s1. The van der Waals surface area contributed by atoms with Crippen LogP contribution >= 0.6 is 0 Å². The van der Waals surface area contributed by atoms with Crippen molar-refractivity contribution in [1.82, 2.24) is 0 Å². The number of unbranched alkanes of at least 4 members (excludes halogenated alkanes) is 12. The first-order valence-corrected chi connectivity index (χ1v) is 17.6. The third kappa shape index (κ3) is 16.2. The molecule has 2 aliphatic rings. The van der Waals surface area contributed by atoms with Crippen molar-refractivity contribution >= 4 is 5.97 Å². The Labute approximate surface area is 256 Å². The number of carbonyl (C=O) groups excluding carboxylic acids is 1. The largest absolute Gasteiger partial charge is 0.455 e. The number of ether oxygens (including phenoxy) is 2.